The van der Waals surface area contributed by atoms with Gasteiger partial charge < -0.3 is 15.0 Å². The number of benzene rings is 1. The quantitative estimate of drug-likeness (QED) is 0.888. The average Bonchev–Trinajstić information content (AvgIpc) is 2.82. The van der Waals surface area contributed by atoms with E-state index in [-0.39, 0.29) is 0 Å². The predicted molar refractivity (Wildman–Crippen MR) is 74.8 cm³/mol. The molecule has 0 amide bonds. The highest BCUT2D eigenvalue weighted by Gasteiger charge is 2.27. The number of likely N-dealkylation sites (N-methyl/N-ethyl adjacent to an activating group) is 1. The maximum absolute atomic E-state index is 11.4. The summed E-state index contributed by atoms with van der Waals surface area (Å²) in [5.74, 6) is -0.830. The lowest BCUT2D eigenvalue weighted by Crippen LogP contribution is -2.37. The van der Waals surface area contributed by atoms with E-state index in [1.54, 1.807) is 6.07 Å². The van der Waals surface area contributed by atoms with Crippen LogP contribution in [0.25, 0.3) is 10.9 Å². The van der Waals surface area contributed by atoms with Crippen LogP contribution in [0.2, 0.25) is 0 Å². The molecule has 2 aromatic rings. The minimum atomic E-state index is -0.830. The monoisotopic (exact) mass is 258 g/mol. The summed E-state index contributed by atoms with van der Waals surface area (Å²) in [6, 6.07) is 3.97. The van der Waals surface area contributed by atoms with Gasteiger partial charge in [-0.05, 0) is 49.7 Å². The zero-order valence-electron chi connectivity index (χ0n) is 11.2. The summed E-state index contributed by atoms with van der Waals surface area (Å²) >= 11 is 0. The Morgan fingerprint density at radius 3 is 2.95 bits per heavy atom. The number of carboxylic acid groups (broad SMARTS) is 1. The molecule has 4 nitrogen and oxygen atoms in total. The fourth-order valence-corrected chi connectivity index (χ4v) is 3.08. The van der Waals surface area contributed by atoms with Crippen LogP contribution in [0, 0.1) is 0 Å². The first-order valence-electron chi connectivity index (χ1n) is 6.67. The Hall–Kier alpha value is -1.81. The molecular formula is C15H18N2O2. The summed E-state index contributed by atoms with van der Waals surface area (Å²) < 4.78 is 0. The van der Waals surface area contributed by atoms with Crippen molar-refractivity contribution in [1.82, 2.24) is 9.88 Å². The van der Waals surface area contributed by atoms with Gasteiger partial charge in [-0.3, -0.25) is 0 Å². The molecule has 1 aromatic carbocycles. The first-order valence-corrected chi connectivity index (χ1v) is 6.67. The van der Waals surface area contributed by atoms with Crippen LogP contribution in [0.15, 0.2) is 18.3 Å². The molecule has 0 saturated heterocycles. The van der Waals surface area contributed by atoms with Gasteiger partial charge in [-0.2, -0.15) is 0 Å². The molecule has 4 heteroatoms. The highest BCUT2D eigenvalue weighted by molar-refractivity contribution is 5.98. The summed E-state index contributed by atoms with van der Waals surface area (Å²) in [7, 11) is 2.10. The minimum Gasteiger partial charge on any atom is -0.478 e. The van der Waals surface area contributed by atoms with Crippen molar-refractivity contribution in [3.05, 3.63) is 35.0 Å². The average molecular weight is 258 g/mol. The van der Waals surface area contributed by atoms with E-state index in [0.717, 1.165) is 35.9 Å². The molecule has 0 bridgehead atoms. The largest absolute Gasteiger partial charge is 0.478 e. The maximum atomic E-state index is 11.4. The van der Waals surface area contributed by atoms with Gasteiger partial charge in [0, 0.05) is 23.1 Å². The molecule has 0 fully saturated rings. The number of nitrogens with zero attached hydrogens (tertiary/aromatic N) is 1. The van der Waals surface area contributed by atoms with Crippen LogP contribution in [0.4, 0.5) is 0 Å². The van der Waals surface area contributed by atoms with E-state index in [2.05, 4.69) is 23.9 Å². The number of aromatic carboxylic acids is 1. The Morgan fingerprint density at radius 2 is 2.26 bits per heavy atom. The molecular weight excluding hydrogens is 240 g/mol. The Bertz CT molecular complexity index is 645. The summed E-state index contributed by atoms with van der Waals surface area (Å²) in [6.07, 6.45) is 3.82. The van der Waals surface area contributed by atoms with Gasteiger partial charge in [-0.1, -0.05) is 6.92 Å². The van der Waals surface area contributed by atoms with Gasteiger partial charge in [0.2, 0.25) is 0 Å². The van der Waals surface area contributed by atoms with Crippen LogP contribution in [-0.4, -0.2) is 40.6 Å². The van der Waals surface area contributed by atoms with Crippen molar-refractivity contribution in [3.8, 4) is 0 Å². The fourth-order valence-electron chi connectivity index (χ4n) is 3.08. The summed E-state index contributed by atoms with van der Waals surface area (Å²) in [6.45, 7) is 3.11. The van der Waals surface area contributed by atoms with Gasteiger partial charge in [0.25, 0.3) is 0 Å². The lowest BCUT2D eigenvalue weighted by atomic mass is 9.86. The molecule has 1 unspecified atom stereocenters. The molecule has 19 heavy (non-hydrogen) atoms. The summed E-state index contributed by atoms with van der Waals surface area (Å²) in [5.41, 5.74) is 3.72. The second kappa shape index (κ2) is 4.38. The van der Waals surface area contributed by atoms with E-state index in [9.17, 15) is 9.90 Å². The number of rotatable bonds is 3. The summed E-state index contributed by atoms with van der Waals surface area (Å²) in [5, 5.41) is 10.5. The van der Waals surface area contributed by atoms with Gasteiger partial charge in [0.1, 0.15) is 0 Å². The van der Waals surface area contributed by atoms with E-state index in [0.29, 0.717) is 11.6 Å². The van der Waals surface area contributed by atoms with Gasteiger partial charge in [0.05, 0.1) is 5.56 Å². The molecule has 1 aliphatic rings. The Morgan fingerprint density at radius 1 is 1.47 bits per heavy atom. The van der Waals surface area contributed by atoms with Crippen molar-refractivity contribution in [2.75, 3.05) is 13.6 Å². The third-order valence-electron chi connectivity index (χ3n) is 4.28. The molecule has 1 aliphatic carbocycles. The van der Waals surface area contributed by atoms with Gasteiger partial charge in [-0.15, -0.1) is 0 Å². The fraction of sp³-hybridized carbons (Fsp3) is 0.400. The SMILES string of the molecule is CCN(C)C1Cc2c[nH]c3ccc(C(=O)O)c(c23)C1. The van der Waals surface area contributed by atoms with E-state index in [4.69, 9.17) is 0 Å². The van der Waals surface area contributed by atoms with Gasteiger partial charge >= 0.3 is 5.97 Å². The molecule has 0 spiro atoms. The smallest absolute Gasteiger partial charge is 0.335 e. The second-order valence-corrected chi connectivity index (χ2v) is 5.27. The molecule has 100 valence electrons. The molecule has 0 saturated carbocycles. The molecule has 1 heterocycles. The van der Waals surface area contributed by atoms with Crippen LogP contribution in [0.3, 0.4) is 0 Å². The van der Waals surface area contributed by atoms with Crippen molar-refractivity contribution in [1.29, 1.82) is 0 Å². The van der Waals surface area contributed by atoms with Gasteiger partial charge in [0.15, 0.2) is 0 Å². The lowest BCUT2D eigenvalue weighted by molar-refractivity contribution is 0.0695. The number of aromatic nitrogens is 1. The zero-order valence-corrected chi connectivity index (χ0v) is 11.2. The van der Waals surface area contributed by atoms with Crippen molar-refractivity contribution in [2.24, 2.45) is 0 Å². The Balaban J connectivity index is 2.16. The van der Waals surface area contributed by atoms with Crippen LogP contribution >= 0.6 is 0 Å². The number of carboxylic acids is 1. The third kappa shape index (κ3) is 1.83. The standard InChI is InChI=1S/C15H18N2O2/c1-3-17(2)10-6-9-8-16-13-5-4-11(15(18)19)12(7-10)14(9)13/h4-5,8,10,16H,3,6-7H2,1-2H3,(H,18,19). The van der Waals surface area contributed by atoms with Crippen LogP contribution in [0.5, 0.6) is 0 Å². The normalized spacial score (nSPS) is 18.2. The number of hydrogen-bond donors (Lipinski definition) is 2. The van der Waals surface area contributed by atoms with E-state index in [1.807, 2.05) is 12.3 Å². The molecule has 2 N–H and O–H groups in total. The number of nitrogens with one attached hydrogen (secondary N) is 1. The highest BCUT2D eigenvalue weighted by Crippen LogP contribution is 2.33. The Kier molecular flexibility index (Phi) is 2.82. The van der Waals surface area contributed by atoms with E-state index in [1.165, 1.54) is 5.56 Å². The molecule has 1 atom stereocenters. The Labute approximate surface area is 112 Å². The third-order valence-corrected chi connectivity index (χ3v) is 4.28. The number of aromatic amines is 1. The van der Waals surface area contributed by atoms with Crippen molar-refractivity contribution >= 4 is 16.9 Å². The topological polar surface area (TPSA) is 56.3 Å². The van der Waals surface area contributed by atoms with Crippen molar-refractivity contribution < 1.29 is 9.90 Å². The predicted octanol–water partition coefficient (Wildman–Crippen LogP) is 2.29. The molecule has 0 radical (unpaired) electrons. The zero-order chi connectivity index (χ0) is 13.6. The van der Waals surface area contributed by atoms with E-state index < -0.39 is 5.97 Å². The second-order valence-electron chi connectivity index (χ2n) is 5.27. The van der Waals surface area contributed by atoms with Gasteiger partial charge in [-0.25, -0.2) is 4.79 Å². The molecule has 0 aliphatic heterocycles. The maximum Gasteiger partial charge on any atom is 0.335 e. The first kappa shape index (κ1) is 12.2. The lowest BCUT2D eigenvalue weighted by Gasteiger charge is -2.31. The highest BCUT2D eigenvalue weighted by atomic mass is 16.4. The summed E-state index contributed by atoms with van der Waals surface area (Å²) in [4.78, 5) is 16.9. The van der Waals surface area contributed by atoms with Crippen LogP contribution in [0.1, 0.15) is 28.4 Å². The van der Waals surface area contributed by atoms with Crippen LogP contribution < -0.4 is 0 Å². The van der Waals surface area contributed by atoms with E-state index >= 15 is 0 Å². The number of carbonyl (C=O) groups is 1. The minimum absolute atomic E-state index is 0.386. The molecule has 3 rings (SSSR count). The molecule has 1 aromatic heterocycles. The van der Waals surface area contributed by atoms with Crippen molar-refractivity contribution in [3.63, 3.8) is 0 Å². The first-order chi connectivity index (χ1) is 9.11. The van der Waals surface area contributed by atoms with Crippen LogP contribution in [-0.2, 0) is 12.8 Å². The van der Waals surface area contributed by atoms with Crippen molar-refractivity contribution in [2.45, 2.75) is 25.8 Å². The number of H-pyrrole nitrogens is 1. The number of hydrogen-bond acceptors (Lipinski definition) is 2.